The van der Waals surface area contributed by atoms with Gasteiger partial charge in [0.15, 0.2) is 5.82 Å². The van der Waals surface area contributed by atoms with Crippen LogP contribution in [0.15, 0.2) is 23.4 Å². The molecule has 0 aliphatic carbocycles. The Bertz CT molecular complexity index is 797. The molecule has 1 aliphatic heterocycles. The summed E-state index contributed by atoms with van der Waals surface area (Å²) in [5, 5.41) is 10.5. The molecule has 0 atom stereocenters. The van der Waals surface area contributed by atoms with Gasteiger partial charge in [-0.25, -0.2) is 9.78 Å². The van der Waals surface area contributed by atoms with Crippen LogP contribution >= 0.6 is 23.4 Å². The lowest BCUT2D eigenvalue weighted by Gasteiger charge is -2.10. The Morgan fingerprint density at radius 3 is 3.04 bits per heavy atom. The first-order chi connectivity index (χ1) is 12.0. The molecule has 0 saturated carbocycles. The molecule has 132 valence electrons. The van der Waals surface area contributed by atoms with E-state index in [2.05, 4.69) is 20.5 Å². The maximum absolute atomic E-state index is 11.9. The maximum atomic E-state index is 11.9. The summed E-state index contributed by atoms with van der Waals surface area (Å²) in [7, 11) is 0. The molecule has 0 unspecified atom stereocenters. The number of aromatic amines is 1. The van der Waals surface area contributed by atoms with Crippen molar-refractivity contribution >= 4 is 35.3 Å². The lowest BCUT2D eigenvalue weighted by molar-refractivity contribution is -0.124. The van der Waals surface area contributed by atoms with Crippen LogP contribution in [-0.2, 0) is 11.4 Å². The highest BCUT2D eigenvalue weighted by atomic mass is 35.5. The van der Waals surface area contributed by atoms with Crippen molar-refractivity contribution in [2.75, 3.05) is 18.8 Å². The summed E-state index contributed by atoms with van der Waals surface area (Å²) >= 11 is 7.14. The normalized spacial score (nSPS) is 13.8. The monoisotopic (exact) mass is 381 g/mol. The van der Waals surface area contributed by atoms with E-state index in [-0.39, 0.29) is 24.3 Å². The number of hydrogen-bond acceptors (Lipinski definition) is 6. The number of aryl methyl sites for hydroxylation is 1. The standard InChI is InChI=1S/C15H16ClN5O3S/c1-9-6-10(2-3-11(9)16)24-7-12-18-14(20-19-12)25-8-13(22)21-5-4-17-15(21)23/h2-3,6H,4-5,7-8H2,1H3,(H,17,23)(H,18,19,20). The summed E-state index contributed by atoms with van der Waals surface area (Å²) in [6.07, 6.45) is 0. The van der Waals surface area contributed by atoms with Gasteiger partial charge >= 0.3 is 6.03 Å². The van der Waals surface area contributed by atoms with Gasteiger partial charge in [-0.3, -0.25) is 14.8 Å². The summed E-state index contributed by atoms with van der Waals surface area (Å²) in [5.41, 5.74) is 0.928. The van der Waals surface area contributed by atoms with Gasteiger partial charge in [0.25, 0.3) is 0 Å². The number of carbonyl (C=O) groups is 2. The number of rotatable bonds is 6. The van der Waals surface area contributed by atoms with Crippen molar-refractivity contribution in [3.05, 3.63) is 34.6 Å². The summed E-state index contributed by atoms with van der Waals surface area (Å²) < 4.78 is 5.63. The fourth-order valence-corrected chi connectivity index (χ4v) is 2.99. The Hall–Kier alpha value is -2.26. The third-order valence-electron chi connectivity index (χ3n) is 3.50. The molecule has 1 aromatic carbocycles. The van der Waals surface area contributed by atoms with Gasteiger partial charge in [0.2, 0.25) is 11.1 Å². The number of imide groups is 1. The van der Waals surface area contributed by atoms with Gasteiger partial charge in [-0.2, -0.15) is 0 Å². The number of urea groups is 1. The van der Waals surface area contributed by atoms with Crippen LogP contribution < -0.4 is 10.1 Å². The summed E-state index contributed by atoms with van der Waals surface area (Å²) in [5.74, 6) is 1.06. The Kier molecular flexibility index (Phi) is 5.44. The van der Waals surface area contributed by atoms with Crippen molar-refractivity contribution in [3.63, 3.8) is 0 Å². The van der Waals surface area contributed by atoms with Gasteiger partial charge in [0.1, 0.15) is 12.4 Å². The van der Waals surface area contributed by atoms with Gasteiger partial charge in [0, 0.05) is 18.1 Å². The second kappa shape index (κ2) is 7.75. The third kappa shape index (κ3) is 4.43. The number of aromatic nitrogens is 3. The smallest absolute Gasteiger partial charge is 0.324 e. The molecule has 25 heavy (non-hydrogen) atoms. The van der Waals surface area contributed by atoms with Crippen molar-refractivity contribution in [2.45, 2.75) is 18.7 Å². The van der Waals surface area contributed by atoms with Crippen LogP contribution in [0.2, 0.25) is 5.02 Å². The molecule has 0 bridgehead atoms. The molecule has 2 N–H and O–H groups in total. The molecule has 3 rings (SSSR count). The summed E-state index contributed by atoms with van der Waals surface area (Å²) in [4.78, 5) is 28.8. The first-order valence-electron chi connectivity index (χ1n) is 7.54. The van der Waals surface area contributed by atoms with E-state index in [1.807, 2.05) is 13.0 Å². The Labute approximate surface area is 153 Å². The Morgan fingerprint density at radius 1 is 1.48 bits per heavy atom. The predicted octanol–water partition coefficient (Wildman–Crippen LogP) is 1.99. The highest BCUT2D eigenvalue weighted by Gasteiger charge is 2.26. The first-order valence-corrected chi connectivity index (χ1v) is 8.90. The molecule has 10 heteroatoms. The highest BCUT2D eigenvalue weighted by Crippen LogP contribution is 2.22. The van der Waals surface area contributed by atoms with E-state index in [0.717, 1.165) is 5.56 Å². The number of hydrogen-bond donors (Lipinski definition) is 2. The number of amides is 3. The van der Waals surface area contributed by atoms with Crippen LogP contribution in [0.4, 0.5) is 4.79 Å². The molecular formula is C15H16ClN5O3S. The van der Waals surface area contributed by atoms with E-state index in [4.69, 9.17) is 16.3 Å². The van der Waals surface area contributed by atoms with E-state index in [0.29, 0.717) is 34.8 Å². The fourth-order valence-electron chi connectivity index (χ4n) is 2.18. The summed E-state index contributed by atoms with van der Waals surface area (Å²) in [6.45, 7) is 3.00. The van der Waals surface area contributed by atoms with Crippen molar-refractivity contribution in [1.29, 1.82) is 0 Å². The van der Waals surface area contributed by atoms with Gasteiger partial charge in [-0.15, -0.1) is 5.10 Å². The Morgan fingerprint density at radius 2 is 2.32 bits per heavy atom. The van der Waals surface area contributed by atoms with Gasteiger partial charge in [-0.05, 0) is 30.7 Å². The summed E-state index contributed by atoms with van der Waals surface area (Å²) in [6, 6.07) is 5.04. The van der Waals surface area contributed by atoms with Crippen LogP contribution in [0.1, 0.15) is 11.4 Å². The van der Waals surface area contributed by atoms with E-state index < -0.39 is 0 Å². The van der Waals surface area contributed by atoms with Crippen LogP contribution in [0, 0.1) is 6.92 Å². The molecular weight excluding hydrogens is 366 g/mol. The van der Waals surface area contributed by atoms with Gasteiger partial charge in [0.05, 0.1) is 5.75 Å². The highest BCUT2D eigenvalue weighted by molar-refractivity contribution is 7.99. The van der Waals surface area contributed by atoms with Crippen molar-refractivity contribution in [1.82, 2.24) is 25.4 Å². The average Bonchev–Trinajstić information content (AvgIpc) is 3.22. The van der Waals surface area contributed by atoms with E-state index in [1.165, 1.54) is 16.7 Å². The number of benzene rings is 1. The molecule has 0 radical (unpaired) electrons. The Balaban J connectivity index is 1.49. The topological polar surface area (TPSA) is 100 Å². The van der Waals surface area contributed by atoms with Crippen molar-refractivity contribution in [3.8, 4) is 5.75 Å². The number of nitrogens with one attached hydrogen (secondary N) is 2. The molecule has 1 aliphatic rings. The molecule has 3 amide bonds. The van der Waals surface area contributed by atoms with Crippen LogP contribution in [0.25, 0.3) is 0 Å². The van der Waals surface area contributed by atoms with Gasteiger partial charge < -0.3 is 10.1 Å². The number of carbonyl (C=O) groups excluding carboxylic acids is 2. The maximum Gasteiger partial charge on any atom is 0.324 e. The van der Waals surface area contributed by atoms with E-state index in [1.54, 1.807) is 12.1 Å². The third-order valence-corrected chi connectivity index (χ3v) is 4.75. The molecule has 8 nitrogen and oxygen atoms in total. The number of thioether (sulfide) groups is 1. The van der Waals surface area contributed by atoms with Crippen molar-refractivity contribution in [2.24, 2.45) is 0 Å². The number of ether oxygens (including phenoxy) is 1. The molecule has 0 spiro atoms. The number of nitrogens with zero attached hydrogens (tertiary/aromatic N) is 3. The minimum absolute atomic E-state index is 0.0992. The largest absolute Gasteiger partial charge is 0.486 e. The van der Waals surface area contributed by atoms with Crippen molar-refractivity contribution < 1.29 is 14.3 Å². The zero-order valence-electron chi connectivity index (χ0n) is 13.4. The zero-order valence-corrected chi connectivity index (χ0v) is 15.0. The minimum Gasteiger partial charge on any atom is -0.486 e. The molecule has 2 aromatic rings. The number of halogens is 1. The molecule has 1 aromatic heterocycles. The minimum atomic E-state index is -0.354. The van der Waals surface area contributed by atoms with Crippen LogP contribution in [0.5, 0.6) is 5.75 Å². The second-order valence-corrected chi connectivity index (χ2v) is 6.68. The lowest BCUT2D eigenvalue weighted by atomic mass is 10.2. The first kappa shape index (κ1) is 17.6. The van der Waals surface area contributed by atoms with E-state index in [9.17, 15) is 9.59 Å². The lowest BCUT2D eigenvalue weighted by Crippen LogP contribution is -2.35. The zero-order chi connectivity index (χ0) is 17.8. The fraction of sp³-hybridized carbons (Fsp3) is 0.333. The average molecular weight is 382 g/mol. The van der Waals surface area contributed by atoms with E-state index >= 15 is 0 Å². The predicted molar refractivity (Wildman–Crippen MR) is 92.7 cm³/mol. The SMILES string of the molecule is Cc1cc(OCc2nc(SCC(=O)N3CCNC3=O)n[nH]2)ccc1Cl. The quantitative estimate of drug-likeness (QED) is 0.742. The van der Waals surface area contributed by atoms with Gasteiger partial charge in [-0.1, -0.05) is 23.4 Å². The number of H-pyrrole nitrogens is 1. The van der Waals surface area contributed by atoms with Crippen LogP contribution in [-0.4, -0.2) is 50.9 Å². The molecule has 2 heterocycles. The molecule has 1 saturated heterocycles. The molecule has 1 fully saturated rings. The second-order valence-electron chi connectivity index (χ2n) is 5.33. The van der Waals surface area contributed by atoms with Crippen LogP contribution in [0.3, 0.4) is 0 Å².